The topological polar surface area (TPSA) is 34.9 Å². The lowest BCUT2D eigenvalue weighted by atomic mass is 10.1. The number of rotatable bonds is 4. The van der Waals surface area contributed by atoms with E-state index in [4.69, 9.17) is 0 Å². The summed E-state index contributed by atoms with van der Waals surface area (Å²) in [7, 11) is 0. The number of hydrogen-bond acceptors (Lipinski definition) is 3. The van der Waals surface area contributed by atoms with Crippen molar-refractivity contribution in [3.63, 3.8) is 0 Å². The van der Waals surface area contributed by atoms with Crippen LogP contribution in [0.4, 0.5) is 0 Å². The maximum Gasteiger partial charge on any atom is 0.288 e. The third-order valence-corrected chi connectivity index (χ3v) is 4.00. The summed E-state index contributed by atoms with van der Waals surface area (Å²) in [4.78, 5) is 13.0. The summed E-state index contributed by atoms with van der Waals surface area (Å²) in [6, 6.07) is 3.73. The predicted octanol–water partition coefficient (Wildman–Crippen LogP) is 3.59. The van der Waals surface area contributed by atoms with E-state index in [2.05, 4.69) is 12.0 Å². The van der Waals surface area contributed by atoms with Crippen LogP contribution in [0.1, 0.15) is 46.4 Å². The van der Waals surface area contributed by atoms with Crippen molar-refractivity contribution in [1.29, 1.82) is 0 Å². The van der Waals surface area contributed by atoms with Crippen molar-refractivity contribution in [3.8, 4) is 0 Å². The molecule has 18 heavy (non-hydrogen) atoms. The summed E-state index contributed by atoms with van der Waals surface area (Å²) in [5, 5.41) is 6.31. The number of aryl methyl sites for hydroxylation is 1. The van der Waals surface area contributed by atoms with E-state index in [-0.39, 0.29) is 5.91 Å². The second kappa shape index (κ2) is 5.48. The predicted molar refractivity (Wildman–Crippen MR) is 74.4 cm³/mol. The number of hydrogen-bond donors (Lipinski definition) is 0. The Balaban J connectivity index is 2.32. The van der Waals surface area contributed by atoms with Crippen LogP contribution in [-0.4, -0.2) is 15.7 Å². The first-order valence-corrected chi connectivity index (χ1v) is 7.16. The molecule has 2 aromatic rings. The van der Waals surface area contributed by atoms with Crippen LogP contribution in [-0.2, 0) is 6.42 Å². The third-order valence-electron chi connectivity index (χ3n) is 3.15. The van der Waals surface area contributed by atoms with Crippen molar-refractivity contribution >= 4 is 17.2 Å². The minimum atomic E-state index is -0.0200. The standard InChI is InChI=1S/C14H18N2OS/c1-4-5-7-12-10(2)15-16(11(12)3)14(17)13-8-6-9-18-13/h6,8-9H,4-5,7H2,1-3H3. The maximum absolute atomic E-state index is 12.3. The Morgan fingerprint density at radius 1 is 1.44 bits per heavy atom. The molecule has 0 atom stereocenters. The van der Waals surface area contributed by atoms with Gasteiger partial charge in [-0.15, -0.1) is 11.3 Å². The zero-order chi connectivity index (χ0) is 13.1. The lowest BCUT2D eigenvalue weighted by Gasteiger charge is -2.02. The normalized spacial score (nSPS) is 10.8. The van der Waals surface area contributed by atoms with Crippen molar-refractivity contribution in [3.05, 3.63) is 39.3 Å². The molecule has 0 N–H and O–H groups in total. The molecule has 4 heteroatoms. The SMILES string of the molecule is CCCCc1c(C)nn(C(=O)c2cccs2)c1C. The molecule has 96 valence electrons. The molecule has 2 rings (SSSR count). The fourth-order valence-electron chi connectivity index (χ4n) is 2.09. The molecular formula is C14H18N2OS. The second-order valence-electron chi connectivity index (χ2n) is 4.45. The van der Waals surface area contributed by atoms with Crippen molar-refractivity contribution in [1.82, 2.24) is 9.78 Å². The number of carbonyl (C=O) groups is 1. The Bertz CT molecular complexity index is 540. The summed E-state index contributed by atoms with van der Waals surface area (Å²) in [6.45, 7) is 6.14. The Morgan fingerprint density at radius 2 is 2.22 bits per heavy atom. The van der Waals surface area contributed by atoms with Crippen molar-refractivity contribution in [2.45, 2.75) is 40.0 Å². The molecule has 0 saturated carbocycles. The van der Waals surface area contributed by atoms with Gasteiger partial charge in [0.1, 0.15) is 0 Å². The summed E-state index contributed by atoms with van der Waals surface area (Å²) >= 11 is 1.46. The van der Waals surface area contributed by atoms with Crippen LogP contribution in [0.3, 0.4) is 0 Å². The molecular weight excluding hydrogens is 244 g/mol. The van der Waals surface area contributed by atoms with Crippen LogP contribution in [0.5, 0.6) is 0 Å². The molecule has 0 aliphatic carbocycles. The molecule has 2 heterocycles. The second-order valence-corrected chi connectivity index (χ2v) is 5.39. The minimum absolute atomic E-state index is 0.0200. The van der Waals surface area contributed by atoms with Gasteiger partial charge in [0.05, 0.1) is 10.6 Å². The van der Waals surface area contributed by atoms with E-state index in [9.17, 15) is 4.79 Å². The van der Waals surface area contributed by atoms with Gasteiger partial charge < -0.3 is 0 Å². The third kappa shape index (κ3) is 2.38. The van der Waals surface area contributed by atoms with Gasteiger partial charge in [-0.05, 0) is 43.7 Å². The molecule has 0 amide bonds. The van der Waals surface area contributed by atoms with Gasteiger partial charge in [0.15, 0.2) is 0 Å². The zero-order valence-corrected chi connectivity index (χ0v) is 11.9. The van der Waals surface area contributed by atoms with E-state index in [0.29, 0.717) is 0 Å². The van der Waals surface area contributed by atoms with Gasteiger partial charge in [0.2, 0.25) is 0 Å². The van der Waals surface area contributed by atoms with Gasteiger partial charge in [-0.1, -0.05) is 19.4 Å². The smallest absolute Gasteiger partial charge is 0.266 e. The molecule has 0 aliphatic rings. The van der Waals surface area contributed by atoms with Gasteiger partial charge in [-0.25, -0.2) is 0 Å². The molecule has 0 spiro atoms. The average molecular weight is 262 g/mol. The van der Waals surface area contributed by atoms with Gasteiger partial charge >= 0.3 is 0 Å². The fourth-order valence-corrected chi connectivity index (χ4v) is 2.74. The van der Waals surface area contributed by atoms with Crippen LogP contribution in [0.25, 0.3) is 0 Å². The summed E-state index contributed by atoms with van der Waals surface area (Å²) in [6.07, 6.45) is 3.30. The van der Waals surface area contributed by atoms with Crippen molar-refractivity contribution < 1.29 is 4.79 Å². The van der Waals surface area contributed by atoms with Gasteiger partial charge in [-0.2, -0.15) is 9.78 Å². The first-order chi connectivity index (χ1) is 8.65. The van der Waals surface area contributed by atoms with Crippen LogP contribution < -0.4 is 0 Å². The lowest BCUT2D eigenvalue weighted by molar-refractivity contribution is 0.0946. The van der Waals surface area contributed by atoms with Crippen molar-refractivity contribution in [2.24, 2.45) is 0 Å². The van der Waals surface area contributed by atoms with E-state index in [1.807, 2.05) is 31.4 Å². The molecule has 0 aromatic carbocycles. The Kier molecular flexibility index (Phi) is 3.97. The Labute approximate surface area is 111 Å². The van der Waals surface area contributed by atoms with Crippen LogP contribution in [0.2, 0.25) is 0 Å². The maximum atomic E-state index is 12.3. The largest absolute Gasteiger partial charge is 0.288 e. The van der Waals surface area contributed by atoms with E-state index in [0.717, 1.165) is 35.5 Å². The van der Waals surface area contributed by atoms with Gasteiger partial charge in [0.25, 0.3) is 5.91 Å². The summed E-state index contributed by atoms with van der Waals surface area (Å²) in [5.41, 5.74) is 3.19. The van der Waals surface area contributed by atoms with E-state index >= 15 is 0 Å². The average Bonchev–Trinajstić information content (AvgIpc) is 2.96. The molecule has 0 saturated heterocycles. The zero-order valence-electron chi connectivity index (χ0n) is 11.1. The quantitative estimate of drug-likeness (QED) is 0.844. The highest BCUT2D eigenvalue weighted by Crippen LogP contribution is 2.18. The van der Waals surface area contributed by atoms with Gasteiger partial charge in [-0.3, -0.25) is 4.79 Å². The van der Waals surface area contributed by atoms with Crippen LogP contribution >= 0.6 is 11.3 Å². The van der Waals surface area contributed by atoms with E-state index in [1.165, 1.54) is 16.9 Å². The number of thiophene rings is 1. The molecule has 0 unspecified atom stereocenters. The first kappa shape index (κ1) is 13.0. The van der Waals surface area contributed by atoms with Crippen molar-refractivity contribution in [2.75, 3.05) is 0 Å². The molecule has 0 fully saturated rings. The molecule has 0 aliphatic heterocycles. The highest BCUT2D eigenvalue weighted by molar-refractivity contribution is 7.12. The monoisotopic (exact) mass is 262 g/mol. The Hall–Kier alpha value is -1.42. The highest BCUT2D eigenvalue weighted by atomic mass is 32.1. The number of carbonyl (C=O) groups excluding carboxylic acids is 1. The molecule has 0 bridgehead atoms. The molecule has 3 nitrogen and oxygen atoms in total. The summed E-state index contributed by atoms with van der Waals surface area (Å²) < 4.78 is 1.55. The number of nitrogens with zero attached hydrogens (tertiary/aromatic N) is 2. The molecule has 0 radical (unpaired) electrons. The van der Waals surface area contributed by atoms with Crippen LogP contribution in [0.15, 0.2) is 17.5 Å². The van der Waals surface area contributed by atoms with E-state index < -0.39 is 0 Å². The highest BCUT2D eigenvalue weighted by Gasteiger charge is 2.17. The first-order valence-electron chi connectivity index (χ1n) is 6.28. The molecule has 2 aromatic heterocycles. The lowest BCUT2D eigenvalue weighted by Crippen LogP contribution is -2.14. The minimum Gasteiger partial charge on any atom is -0.266 e. The van der Waals surface area contributed by atoms with Crippen LogP contribution in [0, 0.1) is 13.8 Å². The number of unbranched alkanes of at least 4 members (excludes halogenated alkanes) is 1. The summed E-state index contributed by atoms with van der Waals surface area (Å²) in [5.74, 6) is -0.0200. The van der Waals surface area contributed by atoms with E-state index in [1.54, 1.807) is 4.68 Å². The Morgan fingerprint density at radius 3 is 2.83 bits per heavy atom. The number of aromatic nitrogens is 2. The fraction of sp³-hybridized carbons (Fsp3) is 0.429. The van der Waals surface area contributed by atoms with Gasteiger partial charge in [0, 0.05) is 5.69 Å².